The fourth-order valence-corrected chi connectivity index (χ4v) is 1.38. The summed E-state index contributed by atoms with van der Waals surface area (Å²) in [6.07, 6.45) is 0. The number of hydrogen-bond donors (Lipinski definition) is 1. The highest BCUT2D eigenvalue weighted by Crippen LogP contribution is 2.04. The van der Waals surface area contributed by atoms with Crippen LogP contribution in [0.2, 0.25) is 0 Å². The van der Waals surface area contributed by atoms with Gasteiger partial charge in [0.1, 0.15) is 12.4 Å². The lowest BCUT2D eigenvalue weighted by Crippen LogP contribution is -2.13. The van der Waals surface area contributed by atoms with Gasteiger partial charge in [-0.05, 0) is 12.5 Å². The Hall–Kier alpha value is -2.50. The van der Waals surface area contributed by atoms with Crippen molar-refractivity contribution in [2.75, 3.05) is 5.73 Å². The van der Waals surface area contributed by atoms with E-state index in [1.807, 2.05) is 30.3 Å². The number of aromatic nitrogens is 3. The van der Waals surface area contributed by atoms with E-state index >= 15 is 0 Å². The summed E-state index contributed by atoms with van der Waals surface area (Å²) in [6, 6.07) is 9.35. The molecule has 6 nitrogen and oxygen atoms in total. The average molecular weight is 244 g/mol. The first-order chi connectivity index (χ1) is 8.65. The molecule has 0 amide bonds. The summed E-state index contributed by atoms with van der Waals surface area (Å²) in [5.41, 5.74) is 6.33. The molecule has 6 heteroatoms. The first-order valence-electron chi connectivity index (χ1n) is 5.34. The van der Waals surface area contributed by atoms with E-state index in [1.54, 1.807) is 6.92 Å². The highest BCUT2D eigenvalue weighted by molar-refractivity contribution is 5.85. The molecule has 0 bridgehead atoms. The van der Waals surface area contributed by atoms with Gasteiger partial charge in [-0.2, -0.15) is 9.97 Å². The third-order valence-electron chi connectivity index (χ3n) is 2.16. The van der Waals surface area contributed by atoms with E-state index in [1.165, 1.54) is 0 Å². The number of esters is 1. The van der Waals surface area contributed by atoms with Crippen LogP contribution in [-0.2, 0) is 11.3 Å². The molecule has 0 fully saturated rings. The van der Waals surface area contributed by atoms with Crippen LogP contribution in [-0.4, -0.2) is 20.9 Å². The number of carbonyl (C=O) groups excluding carboxylic acids is 1. The maximum absolute atomic E-state index is 11.7. The Morgan fingerprint density at radius 1 is 1.22 bits per heavy atom. The molecule has 92 valence electrons. The molecule has 0 unspecified atom stereocenters. The Morgan fingerprint density at radius 3 is 2.61 bits per heavy atom. The number of rotatable bonds is 3. The Bertz CT molecular complexity index is 537. The van der Waals surface area contributed by atoms with Gasteiger partial charge in [-0.3, -0.25) is 0 Å². The van der Waals surface area contributed by atoms with Crippen LogP contribution in [0.1, 0.15) is 22.0 Å². The minimum atomic E-state index is -0.615. The smallest absolute Gasteiger partial charge is 0.376 e. The number of nitrogen functional groups attached to an aromatic ring is 1. The number of nitrogens with two attached hydrogens (primary N) is 1. The molecular formula is C12H12N4O2. The molecule has 2 rings (SSSR count). The van der Waals surface area contributed by atoms with Gasteiger partial charge in [-0.25, -0.2) is 9.78 Å². The quantitative estimate of drug-likeness (QED) is 0.813. The first-order valence-corrected chi connectivity index (χ1v) is 5.34. The van der Waals surface area contributed by atoms with E-state index < -0.39 is 5.97 Å². The van der Waals surface area contributed by atoms with Gasteiger partial charge in [-0.1, -0.05) is 30.3 Å². The highest BCUT2D eigenvalue weighted by Gasteiger charge is 2.12. The number of carbonyl (C=O) groups is 1. The molecule has 0 spiro atoms. The lowest BCUT2D eigenvalue weighted by molar-refractivity contribution is 0.0457. The summed E-state index contributed by atoms with van der Waals surface area (Å²) in [7, 11) is 0. The van der Waals surface area contributed by atoms with E-state index in [4.69, 9.17) is 10.5 Å². The predicted octanol–water partition coefficient (Wildman–Crippen LogP) is 1.12. The van der Waals surface area contributed by atoms with Crippen LogP contribution in [0.3, 0.4) is 0 Å². The van der Waals surface area contributed by atoms with Crippen molar-refractivity contribution in [3.8, 4) is 0 Å². The largest absolute Gasteiger partial charge is 0.455 e. The van der Waals surface area contributed by atoms with Crippen LogP contribution in [0.4, 0.5) is 5.95 Å². The van der Waals surface area contributed by atoms with Gasteiger partial charge in [0.05, 0.1) is 0 Å². The van der Waals surface area contributed by atoms with Gasteiger partial charge in [0.15, 0.2) is 0 Å². The lowest BCUT2D eigenvalue weighted by Gasteiger charge is -2.04. The second-order valence-corrected chi connectivity index (χ2v) is 3.63. The topological polar surface area (TPSA) is 91.0 Å². The zero-order chi connectivity index (χ0) is 13.0. The van der Waals surface area contributed by atoms with Gasteiger partial charge < -0.3 is 10.5 Å². The molecule has 0 radical (unpaired) electrons. The predicted molar refractivity (Wildman–Crippen MR) is 64.5 cm³/mol. The number of anilines is 1. The van der Waals surface area contributed by atoms with Crippen molar-refractivity contribution in [3.05, 3.63) is 47.5 Å². The molecule has 1 aromatic heterocycles. The standard InChI is InChI=1S/C12H12N4O2/c1-8-14-10(16-12(13)15-8)11(17)18-7-9-5-3-2-4-6-9/h2-6H,7H2,1H3,(H2,13,14,15,16). The molecule has 2 N–H and O–H groups in total. The summed E-state index contributed by atoms with van der Waals surface area (Å²) in [6.45, 7) is 1.80. The Morgan fingerprint density at radius 2 is 1.94 bits per heavy atom. The Balaban J connectivity index is 2.04. The fraction of sp³-hybridized carbons (Fsp3) is 0.167. The Kier molecular flexibility index (Phi) is 3.47. The van der Waals surface area contributed by atoms with Crippen molar-refractivity contribution in [2.24, 2.45) is 0 Å². The van der Waals surface area contributed by atoms with Crippen molar-refractivity contribution in [2.45, 2.75) is 13.5 Å². The van der Waals surface area contributed by atoms with Crippen molar-refractivity contribution < 1.29 is 9.53 Å². The van der Waals surface area contributed by atoms with E-state index in [2.05, 4.69) is 15.0 Å². The molecule has 1 heterocycles. The van der Waals surface area contributed by atoms with Crippen molar-refractivity contribution >= 4 is 11.9 Å². The zero-order valence-electron chi connectivity index (χ0n) is 9.83. The summed E-state index contributed by atoms with van der Waals surface area (Å²) < 4.78 is 5.08. The second-order valence-electron chi connectivity index (χ2n) is 3.63. The molecule has 0 aliphatic rings. The number of hydrogen-bond acceptors (Lipinski definition) is 6. The minimum absolute atomic E-state index is 0.00848. The van der Waals surface area contributed by atoms with Crippen LogP contribution in [0.25, 0.3) is 0 Å². The van der Waals surface area contributed by atoms with E-state index in [0.29, 0.717) is 5.82 Å². The van der Waals surface area contributed by atoms with E-state index in [0.717, 1.165) is 5.56 Å². The minimum Gasteiger partial charge on any atom is -0.455 e. The fourth-order valence-electron chi connectivity index (χ4n) is 1.38. The molecule has 2 aromatic rings. The molecule has 18 heavy (non-hydrogen) atoms. The van der Waals surface area contributed by atoms with E-state index in [-0.39, 0.29) is 18.4 Å². The van der Waals surface area contributed by atoms with Crippen molar-refractivity contribution in [1.82, 2.24) is 15.0 Å². The highest BCUT2D eigenvalue weighted by atomic mass is 16.5. The molecule has 0 aliphatic carbocycles. The first kappa shape index (κ1) is 12.0. The van der Waals surface area contributed by atoms with Gasteiger partial charge in [0.25, 0.3) is 0 Å². The monoisotopic (exact) mass is 244 g/mol. The summed E-state index contributed by atoms with van der Waals surface area (Å²) in [5.74, 6) is -0.296. The number of benzene rings is 1. The summed E-state index contributed by atoms with van der Waals surface area (Å²) in [5, 5.41) is 0. The van der Waals surface area contributed by atoms with Gasteiger partial charge in [0.2, 0.25) is 11.8 Å². The van der Waals surface area contributed by atoms with Crippen LogP contribution in [0.15, 0.2) is 30.3 Å². The molecule has 0 aliphatic heterocycles. The lowest BCUT2D eigenvalue weighted by atomic mass is 10.2. The maximum Gasteiger partial charge on any atom is 0.376 e. The van der Waals surface area contributed by atoms with Gasteiger partial charge in [0, 0.05) is 0 Å². The second kappa shape index (κ2) is 5.22. The van der Waals surface area contributed by atoms with Gasteiger partial charge >= 0.3 is 5.97 Å². The Labute approximate surface area is 104 Å². The van der Waals surface area contributed by atoms with Gasteiger partial charge in [-0.15, -0.1) is 0 Å². The molecule has 0 atom stereocenters. The molecular weight excluding hydrogens is 232 g/mol. The van der Waals surface area contributed by atoms with E-state index in [9.17, 15) is 4.79 Å². The third kappa shape index (κ3) is 3.00. The third-order valence-corrected chi connectivity index (χ3v) is 2.16. The zero-order valence-corrected chi connectivity index (χ0v) is 9.83. The van der Waals surface area contributed by atoms with Crippen molar-refractivity contribution in [3.63, 3.8) is 0 Å². The van der Waals surface area contributed by atoms with Crippen LogP contribution < -0.4 is 5.73 Å². The van der Waals surface area contributed by atoms with Crippen LogP contribution in [0, 0.1) is 6.92 Å². The average Bonchev–Trinajstić information content (AvgIpc) is 2.36. The summed E-state index contributed by atoms with van der Waals surface area (Å²) >= 11 is 0. The van der Waals surface area contributed by atoms with Crippen molar-refractivity contribution in [1.29, 1.82) is 0 Å². The maximum atomic E-state index is 11.7. The molecule has 0 saturated heterocycles. The normalized spacial score (nSPS) is 10.1. The number of nitrogens with zero attached hydrogens (tertiary/aromatic N) is 3. The van der Waals surface area contributed by atoms with Crippen LogP contribution in [0.5, 0.6) is 0 Å². The molecule has 0 saturated carbocycles. The molecule has 1 aromatic carbocycles. The SMILES string of the molecule is Cc1nc(N)nc(C(=O)OCc2ccccc2)n1. The van der Waals surface area contributed by atoms with Crippen LogP contribution >= 0.6 is 0 Å². The number of aryl methyl sites for hydroxylation is 1. The summed E-state index contributed by atoms with van der Waals surface area (Å²) in [4.78, 5) is 23.1. The number of ether oxygens (including phenoxy) is 1.